The molecule has 0 aliphatic rings. The Kier molecular flexibility index (Phi) is 4.34. The van der Waals surface area contributed by atoms with E-state index in [2.05, 4.69) is 26.1 Å². The second kappa shape index (κ2) is 6.00. The number of ether oxygens (including phenoxy) is 1. The molecule has 1 heterocycles. The molecular weight excluding hydrogens is 320 g/mol. The summed E-state index contributed by atoms with van der Waals surface area (Å²) in [5.41, 5.74) is 8.67. The van der Waals surface area contributed by atoms with Crippen molar-refractivity contribution in [3.63, 3.8) is 0 Å². The molecule has 0 radical (unpaired) electrons. The number of amidine groups is 1. The third-order valence-corrected chi connectivity index (χ3v) is 3.51. The lowest BCUT2D eigenvalue weighted by Gasteiger charge is -2.12. The van der Waals surface area contributed by atoms with Crippen LogP contribution < -0.4 is 10.5 Å². The van der Waals surface area contributed by atoms with Crippen LogP contribution >= 0.6 is 15.9 Å². The van der Waals surface area contributed by atoms with Crippen LogP contribution in [0.3, 0.4) is 0 Å². The summed E-state index contributed by atoms with van der Waals surface area (Å²) in [7, 11) is 0. The Morgan fingerprint density at radius 3 is 2.50 bits per heavy atom. The highest BCUT2D eigenvalue weighted by atomic mass is 79.9. The van der Waals surface area contributed by atoms with Crippen molar-refractivity contribution in [1.82, 2.24) is 10.2 Å². The summed E-state index contributed by atoms with van der Waals surface area (Å²) >= 11 is 3.38. The Hall–Kier alpha value is -1.95. The average Bonchev–Trinajstić information content (AvgIpc) is 2.41. The first kappa shape index (κ1) is 14.5. The summed E-state index contributed by atoms with van der Waals surface area (Å²) in [5.74, 6) is 0.231. The molecule has 0 unspecified atom stereocenters. The molecule has 0 amide bonds. The summed E-state index contributed by atoms with van der Waals surface area (Å²) in [5, 5.41) is 15.7. The van der Waals surface area contributed by atoms with E-state index in [-0.39, 0.29) is 5.84 Å². The molecule has 0 aliphatic carbocycles. The van der Waals surface area contributed by atoms with E-state index in [9.17, 15) is 0 Å². The van der Waals surface area contributed by atoms with Gasteiger partial charge in [-0.3, -0.25) is 5.41 Å². The highest BCUT2D eigenvalue weighted by Gasteiger charge is 2.15. The number of hydrogen-bond donors (Lipinski definition) is 2. The normalized spacial score (nSPS) is 10.3. The Labute approximate surface area is 125 Å². The minimum Gasteiger partial charge on any atom is -0.471 e. The molecule has 3 N–H and O–H groups in total. The van der Waals surface area contributed by atoms with Crippen molar-refractivity contribution in [2.45, 2.75) is 20.5 Å². The zero-order valence-electron chi connectivity index (χ0n) is 11.3. The summed E-state index contributed by atoms with van der Waals surface area (Å²) in [4.78, 5) is 0. The number of benzene rings is 1. The number of aryl methyl sites for hydroxylation is 1. The van der Waals surface area contributed by atoms with E-state index in [0.29, 0.717) is 18.1 Å². The highest BCUT2D eigenvalue weighted by molar-refractivity contribution is 9.10. The summed E-state index contributed by atoms with van der Waals surface area (Å²) in [6, 6.07) is 7.78. The zero-order chi connectivity index (χ0) is 14.7. The minimum absolute atomic E-state index is 0.0636. The molecule has 0 atom stereocenters. The number of nitrogen functional groups attached to an aromatic ring is 1. The summed E-state index contributed by atoms with van der Waals surface area (Å²) in [6.45, 7) is 4.03. The summed E-state index contributed by atoms with van der Waals surface area (Å²) < 4.78 is 6.66. The Morgan fingerprint density at radius 1 is 1.25 bits per heavy atom. The first-order valence-electron chi connectivity index (χ1n) is 6.04. The fourth-order valence-corrected chi connectivity index (χ4v) is 2.00. The predicted octanol–water partition coefficient (Wildman–Crippen LogP) is 2.72. The van der Waals surface area contributed by atoms with Crippen LogP contribution in [-0.2, 0) is 6.61 Å². The Bertz CT molecular complexity index is 640. The van der Waals surface area contributed by atoms with Crippen molar-refractivity contribution < 1.29 is 4.74 Å². The maximum Gasteiger partial charge on any atom is 0.245 e. The number of nitrogens with two attached hydrogens (primary N) is 1. The van der Waals surface area contributed by atoms with Gasteiger partial charge in [-0.2, -0.15) is 5.10 Å². The van der Waals surface area contributed by atoms with E-state index in [1.807, 2.05) is 38.1 Å². The standard InChI is InChI=1S/C14H15BrN4O/c1-8-9(2)18-19-14(12(8)13(16)17)20-7-10-3-5-11(15)6-4-10/h3-6H,7H2,1-2H3,(H3,16,17). The maximum atomic E-state index is 7.65. The van der Waals surface area contributed by atoms with Crippen LogP contribution in [0.4, 0.5) is 0 Å². The molecule has 1 aromatic heterocycles. The lowest BCUT2D eigenvalue weighted by atomic mass is 10.1. The number of nitrogens with one attached hydrogen (secondary N) is 1. The van der Waals surface area contributed by atoms with Crippen molar-refractivity contribution in [2.75, 3.05) is 0 Å². The van der Waals surface area contributed by atoms with Gasteiger partial charge in [0.15, 0.2) is 0 Å². The molecule has 1 aromatic carbocycles. The molecule has 0 saturated carbocycles. The molecule has 0 spiro atoms. The lowest BCUT2D eigenvalue weighted by molar-refractivity contribution is 0.289. The van der Waals surface area contributed by atoms with E-state index < -0.39 is 0 Å². The maximum absolute atomic E-state index is 7.65. The van der Waals surface area contributed by atoms with Gasteiger partial charge in [-0.1, -0.05) is 28.1 Å². The van der Waals surface area contributed by atoms with Gasteiger partial charge in [0.1, 0.15) is 12.4 Å². The fraction of sp³-hybridized carbons (Fsp3) is 0.214. The number of nitrogens with zero attached hydrogens (tertiary/aromatic N) is 2. The van der Waals surface area contributed by atoms with Gasteiger partial charge < -0.3 is 10.5 Å². The van der Waals surface area contributed by atoms with Crippen LogP contribution in [0.2, 0.25) is 0 Å². The van der Waals surface area contributed by atoms with Crippen molar-refractivity contribution in [3.05, 3.63) is 51.1 Å². The van der Waals surface area contributed by atoms with Gasteiger partial charge in [-0.05, 0) is 37.1 Å². The first-order chi connectivity index (χ1) is 9.49. The quantitative estimate of drug-likeness (QED) is 0.665. The SMILES string of the molecule is Cc1nnc(OCc2ccc(Br)cc2)c(C(=N)N)c1C. The first-order valence-corrected chi connectivity index (χ1v) is 6.84. The van der Waals surface area contributed by atoms with Crippen LogP contribution in [0, 0.1) is 19.3 Å². The van der Waals surface area contributed by atoms with Crippen molar-refractivity contribution in [3.8, 4) is 5.88 Å². The zero-order valence-corrected chi connectivity index (χ0v) is 12.9. The van der Waals surface area contributed by atoms with Crippen LogP contribution in [0.25, 0.3) is 0 Å². The molecule has 2 aromatic rings. The van der Waals surface area contributed by atoms with Crippen LogP contribution in [0.1, 0.15) is 22.4 Å². The van der Waals surface area contributed by atoms with Gasteiger partial charge in [0.2, 0.25) is 5.88 Å². The van der Waals surface area contributed by atoms with Crippen molar-refractivity contribution in [2.24, 2.45) is 5.73 Å². The topological polar surface area (TPSA) is 84.9 Å². The smallest absolute Gasteiger partial charge is 0.245 e. The lowest BCUT2D eigenvalue weighted by Crippen LogP contribution is -2.17. The third kappa shape index (κ3) is 3.14. The van der Waals surface area contributed by atoms with Crippen molar-refractivity contribution in [1.29, 1.82) is 5.41 Å². The van der Waals surface area contributed by atoms with Crippen LogP contribution in [0.5, 0.6) is 5.88 Å². The second-order valence-corrected chi connectivity index (χ2v) is 5.34. The third-order valence-electron chi connectivity index (χ3n) is 2.98. The number of hydrogen-bond acceptors (Lipinski definition) is 4. The number of halogens is 1. The van der Waals surface area contributed by atoms with Gasteiger partial charge >= 0.3 is 0 Å². The highest BCUT2D eigenvalue weighted by Crippen LogP contribution is 2.21. The van der Waals surface area contributed by atoms with E-state index >= 15 is 0 Å². The molecule has 0 saturated heterocycles. The molecule has 2 rings (SSSR count). The predicted molar refractivity (Wildman–Crippen MR) is 81.0 cm³/mol. The number of aromatic nitrogens is 2. The summed E-state index contributed by atoms with van der Waals surface area (Å²) in [6.07, 6.45) is 0. The second-order valence-electron chi connectivity index (χ2n) is 4.42. The Balaban J connectivity index is 2.23. The van der Waals surface area contributed by atoms with E-state index in [4.69, 9.17) is 15.9 Å². The fourth-order valence-electron chi connectivity index (χ4n) is 1.74. The van der Waals surface area contributed by atoms with Crippen molar-refractivity contribution >= 4 is 21.8 Å². The average molecular weight is 335 g/mol. The molecule has 0 bridgehead atoms. The molecule has 20 heavy (non-hydrogen) atoms. The molecular formula is C14H15BrN4O. The van der Waals surface area contributed by atoms with Gasteiger partial charge in [-0.25, -0.2) is 0 Å². The Morgan fingerprint density at radius 2 is 1.90 bits per heavy atom. The molecule has 0 aliphatic heterocycles. The monoisotopic (exact) mass is 334 g/mol. The van der Waals surface area contributed by atoms with Gasteiger partial charge in [0, 0.05) is 4.47 Å². The van der Waals surface area contributed by atoms with Crippen LogP contribution in [0.15, 0.2) is 28.7 Å². The van der Waals surface area contributed by atoms with E-state index in [1.165, 1.54) is 0 Å². The largest absolute Gasteiger partial charge is 0.471 e. The number of rotatable bonds is 4. The molecule has 0 fully saturated rings. The van der Waals surface area contributed by atoms with Crippen LogP contribution in [-0.4, -0.2) is 16.0 Å². The van der Waals surface area contributed by atoms with Gasteiger partial charge in [0.25, 0.3) is 0 Å². The van der Waals surface area contributed by atoms with E-state index in [1.54, 1.807) is 0 Å². The molecule has 104 valence electrons. The van der Waals surface area contributed by atoms with Gasteiger partial charge in [-0.15, -0.1) is 5.10 Å². The van der Waals surface area contributed by atoms with E-state index in [0.717, 1.165) is 21.3 Å². The minimum atomic E-state index is -0.0636. The van der Waals surface area contributed by atoms with Gasteiger partial charge in [0.05, 0.1) is 11.3 Å². The molecule has 5 nitrogen and oxygen atoms in total. The molecule has 6 heteroatoms.